The van der Waals surface area contributed by atoms with Gasteiger partial charge in [-0.3, -0.25) is 4.90 Å². The Labute approximate surface area is 141 Å². The first-order valence-electron chi connectivity index (χ1n) is 8.43. The topological polar surface area (TPSA) is 18.5 Å². The molecule has 0 saturated carbocycles. The van der Waals surface area contributed by atoms with Crippen molar-refractivity contribution in [3.05, 3.63) is 35.9 Å². The molecule has 2 heterocycles. The van der Waals surface area contributed by atoms with Gasteiger partial charge in [0.15, 0.2) is 0 Å². The molecule has 0 bridgehead atoms. The molecule has 2 aliphatic heterocycles. The van der Waals surface area contributed by atoms with Crippen molar-refractivity contribution in [3.8, 4) is 0 Å². The van der Waals surface area contributed by atoms with E-state index in [1.54, 1.807) is 0 Å². The molecule has 0 aromatic heterocycles. The molecule has 0 aliphatic carbocycles. The molecule has 1 unspecified atom stereocenters. The van der Waals surface area contributed by atoms with Crippen molar-refractivity contribution in [1.82, 2.24) is 15.1 Å². The smallest absolute Gasteiger partial charge is 0.0234 e. The quantitative estimate of drug-likeness (QED) is 0.919. The van der Waals surface area contributed by atoms with Crippen LogP contribution >= 0.6 is 12.4 Å². The molecule has 0 spiro atoms. The highest BCUT2D eigenvalue weighted by Crippen LogP contribution is 2.26. The van der Waals surface area contributed by atoms with Crippen LogP contribution in [-0.4, -0.2) is 55.6 Å². The summed E-state index contributed by atoms with van der Waals surface area (Å²) < 4.78 is 0. The Morgan fingerprint density at radius 1 is 1.05 bits per heavy atom. The molecular weight excluding hydrogens is 294 g/mol. The number of benzene rings is 1. The number of halogens is 1. The lowest BCUT2D eigenvalue weighted by Crippen LogP contribution is -2.39. The van der Waals surface area contributed by atoms with Crippen molar-refractivity contribution in [1.29, 1.82) is 0 Å². The van der Waals surface area contributed by atoms with Crippen LogP contribution in [0.1, 0.15) is 25.3 Å². The van der Waals surface area contributed by atoms with E-state index in [9.17, 15) is 0 Å². The van der Waals surface area contributed by atoms with E-state index in [2.05, 4.69) is 52.4 Å². The highest BCUT2D eigenvalue weighted by atomic mass is 35.5. The summed E-state index contributed by atoms with van der Waals surface area (Å²) in [4.78, 5) is 5.31. The monoisotopic (exact) mass is 323 g/mol. The van der Waals surface area contributed by atoms with E-state index in [1.807, 2.05) is 0 Å². The minimum atomic E-state index is 0. The molecule has 2 saturated heterocycles. The molecule has 3 nitrogen and oxygen atoms in total. The second-order valence-electron chi connectivity index (χ2n) is 7.13. The fourth-order valence-corrected chi connectivity index (χ4v) is 3.73. The minimum Gasteiger partial charge on any atom is -0.316 e. The van der Waals surface area contributed by atoms with Gasteiger partial charge in [-0.05, 0) is 43.5 Å². The Hall–Kier alpha value is -0.610. The van der Waals surface area contributed by atoms with E-state index in [1.165, 1.54) is 64.2 Å². The van der Waals surface area contributed by atoms with E-state index in [0.29, 0.717) is 5.41 Å². The second kappa shape index (κ2) is 8.30. The fraction of sp³-hybridized carbons (Fsp3) is 0.667. The molecule has 1 N–H and O–H groups in total. The van der Waals surface area contributed by atoms with Gasteiger partial charge in [0.05, 0.1) is 0 Å². The van der Waals surface area contributed by atoms with Gasteiger partial charge in [0, 0.05) is 32.7 Å². The number of hydrogen-bond donors (Lipinski definition) is 1. The summed E-state index contributed by atoms with van der Waals surface area (Å²) in [6.07, 6.45) is 2.63. The van der Waals surface area contributed by atoms with E-state index in [0.717, 1.165) is 6.54 Å². The van der Waals surface area contributed by atoms with Crippen LogP contribution in [0.15, 0.2) is 30.3 Å². The molecule has 2 aliphatic rings. The van der Waals surface area contributed by atoms with Gasteiger partial charge in [0.25, 0.3) is 0 Å². The lowest BCUT2D eigenvalue weighted by Gasteiger charge is -2.31. The molecule has 3 rings (SSSR count). The van der Waals surface area contributed by atoms with Gasteiger partial charge in [0.1, 0.15) is 0 Å². The first kappa shape index (κ1) is 17.7. The van der Waals surface area contributed by atoms with Crippen LogP contribution in [0.25, 0.3) is 0 Å². The maximum atomic E-state index is 3.52. The number of rotatable bonds is 4. The first-order valence-corrected chi connectivity index (χ1v) is 8.43. The molecule has 2 fully saturated rings. The molecular formula is C18H30ClN3. The Morgan fingerprint density at radius 2 is 1.77 bits per heavy atom. The van der Waals surface area contributed by atoms with E-state index < -0.39 is 0 Å². The summed E-state index contributed by atoms with van der Waals surface area (Å²) in [5.41, 5.74) is 1.94. The standard InChI is InChI=1S/C18H29N3.ClH/c1-18(8-9-19-15-18)16-21-11-5-10-20(12-13-21)14-17-6-3-2-4-7-17;/h2-4,6-7,19H,5,8-16H2,1H3;1H. The zero-order valence-electron chi connectivity index (χ0n) is 13.8. The predicted octanol–water partition coefficient (Wildman–Crippen LogP) is 2.62. The highest BCUT2D eigenvalue weighted by Gasteiger charge is 2.31. The molecule has 4 heteroatoms. The van der Waals surface area contributed by atoms with Crippen LogP contribution in [0.4, 0.5) is 0 Å². The van der Waals surface area contributed by atoms with Gasteiger partial charge < -0.3 is 10.2 Å². The van der Waals surface area contributed by atoms with Crippen molar-refractivity contribution in [2.75, 3.05) is 45.8 Å². The lowest BCUT2D eigenvalue weighted by atomic mass is 9.89. The van der Waals surface area contributed by atoms with Crippen molar-refractivity contribution >= 4 is 12.4 Å². The van der Waals surface area contributed by atoms with Crippen molar-refractivity contribution in [2.24, 2.45) is 5.41 Å². The zero-order valence-corrected chi connectivity index (χ0v) is 14.6. The normalized spacial score (nSPS) is 27.3. The van der Waals surface area contributed by atoms with Gasteiger partial charge in [-0.25, -0.2) is 0 Å². The van der Waals surface area contributed by atoms with Gasteiger partial charge in [-0.15, -0.1) is 12.4 Å². The molecule has 0 amide bonds. The molecule has 1 atom stereocenters. The molecule has 124 valence electrons. The summed E-state index contributed by atoms with van der Waals surface area (Å²) in [5, 5.41) is 3.52. The van der Waals surface area contributed by atoms with Crippen LogP contribution in [0.5, 0.6) is 0 Å². The average Bonchev–Trinajstić information content (AvgIpc) is 2.80. The first-order chi connectivity index (χ1) is 10.2. The maximum Gasteiger partial charge on any atom is 0.0234 e. The van der Waals surface area contributed by atoms with Crippen molar-refractivity contribution in [3.63, 3.8) is 0 Å². The Kier molecular flexibility index (Phi) is 6.69. The van der Waals surface area contributed by atoms with E-state index >= 15 is 0 Å². The molecule has 0 radical (unpaired) electrons. The maximum absolute atomic E-state index is 3.52. The number of nitrogens with zero attached hydrogens (tertiary/aromatic N) is 2. The average molecular weight is 324 g/mol. The van der Waals surface area contributed by atoms with E-state index in [4.69, 9.17) is 0 Å². The van der Waals surface area contributed by atoms with Crippen molar-refractivity contribution in [2.45, 2.75) is 26.3 Å². The Bertz CT molecular complexity index is 431. The van der Waals surface area contributed by atoms with Crippen LogP contribution in [-0.2, 0) is 6.54 Å². The van der Waals surface area contributed by atoms with Crippen LogP contribution in [0, 0.1) is 5.41 Å². The lowest BCUT2D eigenvalue weighted by molar-refractivity contribution is 0.178. The Balaban J connectivity index is 0.00000176. The molecule has 1 aromatic carbocycles. The summed E-state index contributed by atoms with van der Waals surface area (Å²) >= 11 is 0. The van der Waals surface area contributed by atoms with Crippen LogP contribution in [0.3, 0.4) is 0 Å². The van der Waals surface area contributed by atoms with Gasteiger partial charge in [-0.2, -0.15) is 0 Å². The molecule has 22 heavy (non-hydrogen) atoms. The summed E-state index contributed by atoms with van der Waals surface area (Å²) in [7, 11) is 0. The summed E-state index contributed by atoms with van der Waals surface area (Å²) in [6.45, 7) is 12.1. The third kappa shape index (κ3) is 4.95. The van der Waals surface area contributed by atoms with Crippen LogP contribution in [0.2, 0.25) is 0 Å². The minimum absolute atomic E-state index is 0. The second-order valence-corrected chi connectivity index (χ2v) is 7.13. The van der Waals surface area contributed by atoms with Gasteiger partial charge in [0.2, 0.25) is 0 Å². The number of nitrogens with one attached hydrogen (secondary N) is 1. The van der Waals surface area contributed by atoms with Gasteiger partial charge >= 0.3 is 0 Å². The third-order valence-electron chi connectivity index (χ3n) is 4.99. The fourth-order valence-electron chi connectivity index (χ4n) is 3.73. The highest BCUT2D eigenvalue weighted by molar-refractivity contribution is 5.85. The SMILES string of the molecule is CC1(CN2CCCN(Cc3ccccc3)CC2)CCNC1.Cl. The summed E-state index contributed by atoms with van der Waals surface area (Å²) in [5.74, 6) is 0. The Morgan fingerprint density at radius 3 is 2.50 bits per heavy atom. The molecule has 1 aromatic rings. The summed E-state index contributed by atoms with van der Waals surface area (Å²) in [6, 6.07) is 10.9. The van der Waals surface area contributed by atoms with Crippen molar-refractivity contribution < 1.29 is 0 Å². The third-order valence-corrected chi connectivity index (χ3v) is 4.99. The van der Waals surface area contributed by atoms with E-state index in [-0.39, 0.29) is 12.4 Å². The number of hydrogen-bond acceptors (Lipinski definition) is 3. The van der Waals surface area contributed by atoms with Gasteiger partial charge in [-0.1, -0.05) is 37.3 Å². The predicted molar refractivity (Wildman–Crippen MR) is 95.6 cm³/mol. The zero-order chi connectivity index (χ0) is 14.5. The van der Waals surface area contributed by atoms with Crippen LogP contribution < -0.4 is 5.32 Å². The largest absolute Gasteiger partial charge is 0.316 e.